The van der Waals surface area contributed by atoms with Gasteiger partial charge in [0.1, 0.15) is 11.3 Å². The van der Waals surface area contributed by atoms with E-state index in [-0.39, 0.29) is 0 Å². The second kappa shape index (κ2) is 2.21. The first kappa shape index (κ1) is 6.33. The highest BCUT2D eigenvalue weighted by Crippen LogP contribution is 2.00. The minimum atomic E-state index is -0.729. The number of hydrogen-bond acceptors (Lipinski definition) is 5. The van der Waals surface area contributed by atoms with Crippen molar-refractivity contribution in [2.24, 2.45) is 0 Å². The molecule has 52 valence electrons. The van der Waals surface area contributed by atoms with Crippen LogP contribution in [-0.4, -0.2) is 26.3 Å². The summed E-state index contributed by atoms with van der Waals surface area (Å²) in [5.74, 6) is -0.438. The predicted molar refractivity (Wildman–Crippen MR) is 28.8 cm³/mol. The van der Waals surface area contributed by atoms with E-state index in [0.29, 0.717) is 6.41 Å². The van der Waals surface area contributed by atoms with Crippen LogP contribution < -0.4 is 0 Å². The third kappa shape index (κ3) is 0.966. The highest BCUT2D eigenvalue weighted by atomic mass is 16.6. The largest absolute Gasteiger partial charge is 0.411 e. The van der Waals surface area contributed by atoms with Gasteiger partial charge in [-0.2, -0.15) is 4.68 Å². The second-order valence-electron chi connectivity index (χ2n) is 1.42. The van der Waals surface area contributed by atoms with Crippen LogP contribution in [0.3, 0.4) is 0 Å². The van der Waals surface area contributed by atoms with E-state index in [2.05, 4.69) is 10.3 Å². The molecule has 0 atom stereocenters. The molecule has 1 rings (SSSR count). The lowest BCUT2D eigenvalue weighted by Crippen LogP contribution is -1.93. The van der Waals surface area contributed by atoms with E-state index < -0.39 is 10.7 Å². The molecular weight excluding hydrogens is 140 g/mol. The summed E-state index contributed by atoms with van der Waals surface area (Å²) in [5, 5.41) is 16.1. The van der Waals surface area contributed by atoms with Gasteiger partial charge in [0.05, 0.1) is 5.21 Å². The molecule has 0 spiro atoms. The predicted octanol–water partition coefficient (Wildman–Crippen LogP) is -0.775. The molecule has 0 aromatic carbocycles. The molecule has 0 saturated heterocycles. The van der Waals surface area contributed by atoms with Gasteiger partial charge in [0, 0.05) is 0 Å². The van der Waals surface area contributed by atoms with E-state index in [1.165, 1.54) is 0 Å². The Balaban J connectivity index is 2.98. The van der Waals surface area contributed by atoms with Crippen molar-refractivity contribution < 1.29 is 9.72 Å². The first-order valence-corrected chi connectivity index (χ1v) is 2.25. The summed E-state index contributed by atoms with van der Waals surface area (Å²) in [7, 11) is 0. The van der Waals surface area contributed by atoms with Gasteiger partial charge in [-0.05, 0) is 4.92 Å². The molecule has 0 aliphatic rings. The van der Waals surface area contributed by atoms with Crippen molar-refractivity contribution in [1.29, 1.82) is 0 Å². The van der Waals surface area contributed by atoms with Gasteiger partial charge in [0.25, 0.3) is 0 Å². The SMILES string of the molecule is O=Cn1cc([N+](=O)[O-])nn1. The molecule has 0 aliphatic carbocycles. The first-order valence-electron chi connectivity index (χ1n) is 2.25. The van der Waals surface area contributed by atoms with Gasteiger partial charge in [-0.15, -0.1) is 0 Å². The van der Waals surface area contributed by atoms with Gasteiger partial charge in [-0.1, -0.05) is 0 Å². The number of nitro groups is 1. The lowest BCUT2D eigenvalue weighted by atomic mass is 10.8. The zero-order chi connectivity index (χ0) is 7.56. The zero-order valence-corrected chi connectivity index (χ0v) is 4.67. The Bertz CT molecular complexity index is 266. The molecule has 10 heavy (non-hydrogen) atoms. The number of rotatable bonds is 2. The number of nitrogens with zero attached hydrogens (tertiary/aromatic N) is 4. The van der Waals surface area contributed by atoms with Gasteiger partial charge in [-0.25, -0.2) is 0 Å². The Morgan fingerprint density at radius 3 is 2.80 bits per heavy atom. The van der Waals surface area contributed by atoms with Crippen molar-refractivity contribution >= 4 is 12.2 Å². The summed E-state index contributed by atoms with van der Waals surface area (Å²) < 4.78 is 0.720. The van der Waals surface area contributed by atoms with Crippen molar-refractivity contribution in [3.63, 3.8) is 0 Å². The molecule has 7 heteroatoms. The van der Waals surface area contributed by atoms with Gasteiger partial charge < -0.3 is 10.1 Å². The Kier molecular flexibility index (Phi) is 1.40. The standard InChI is InChI=1S/C3H2N4O3/c8-2-6-1-3(4-5-6)7(9)10/h1-2H. The van der Waals surface area contributed by atoms with Crippen molar-refractivity contribution in [3.05, 3.63) is 16.3 Å². The van der Waals surface area contributed by atoms with Crippen LogP contribution in [0.25, 0.3) is 0 Å². The van der Waals surface area contributed by atoms with Gasteiger partial charge in [-0.3, -0.25) is 4.79 Å². The zero-order valence-electron chi connectivity index (χ0n) is 4.67. The highest BCUT2D eigenvalue weighted by Gasteiger charge is 2.10. The smallest absolute Gasteiger partial charge is 0.358 e. The highest BCUT2D eigenvalue weighted by molar-refractivity contribution is 5.50. The van der Waals surface area contributed by atoms with E-state index in [4.69, 9.17) is 0 Å². The maximum absolute atomic E-state index is 9.90. The summed E-state index contributed by atoms with van der Waals surface area (Å²) in [4.78, 5) is 19.1. The van der Waals surface area contributed by atoms with E-state index in [0.717, 1.165) is 10.9 Å². The topological polar surface area (TPSA) is 90.9 Å². The quantitative estimate of drug-likeness (QED) is 0.307. The molecule has 0 aliphatic heterocycles. The number of aromatic nitrogens is 3. The van der Waals surface area contributed by atoms with Gasteiger partial charge in [0.15, 0.2) is 0 Å². The van der Waals surface area contributed by atoms with Crippen molar-refractivity contribution in [2.45, 2.75) is 0 Å². The molecule has 0 unspecified atom stereocenters. The Labute approximate surface area is 54.4 Å². The maximum Gasteiger partial charge on any atom is 0.411 e. The van der Waals surface area contributed by atoms with Crippen molar-refractivity contribution in [2.75, 3.05) is 0 Å². The van der Waals surface area contributed by atoms with Crippen LogP contribution in [0.5, 0.6) is 0 Å². The molecule has 1 heterocycles. The fourth-order valence-electron chi connectivity index (χ4n) is 0.403. The fourth-order valence-corrected chi connectivity index (χ4v) is 0.403. The summed E-state index contributed by atoms with van der Waals surface area (Å²) in [6, 6.07) is 0. The molecule has 0 N–H and O–H groups in total. The fraction of sp³-hybridized carbons (Fsp3) is 0. The van der Waals surface area contributed by atoms with Crippen molar-refractivity contribution in [3.8, 4) is 0 Å². The minimum Gasteiger partial charge on any atom is -0.358 e. The number of carbonyl (C=O) groups excluding carboxylic acids is 1. The molecule has 1 aromatic rings. The second-order valence-corrected chi connectivity index (χ2v) is 1.42. The number of hydrogen-bond donors (Lipinski definition) is 0. The Hall–Kier alpha value is -1.79. The lowest BCUT2D eigenvalue weighted by molar-refractivity contribution is -0.389. The Morgan fingerprint density at radius 2 is 2.50 bits per heavy atom. The van der Waals surface area contributed by atoms with Crippen LogP contribution in [0.1, 0.15) is 0 Å². The monoisotopic (exact) mass is 142 g/mol. The molecule has 1 aromatic heterocycles. The molecule has 0 saturated carbocycles. The molecule has 0 radical (unpaired) electrons. The third-order valence-electron chi connectivity index (χ3n) is 0.793. The average molecular weight is 142 g/mol. The maximum atomic E-state index is 9.90. The van der Waals surface area contributed by atoms with Crippen LogP contribution in [0.2, 0.25) is 0 Å². The summed E-state index contributed by atoms with van der Waals surface area (Å²) in [5.41, 5.74) is 0. The molecule has 0 bridgehead atoms. The Morgan fingerprint density at radius 1 is 1.80 bits per heavy atom. The van der Waals surface area contributed by atoms with Crippen LogP contribution >= 0.6 is 0 Å². The summed E-state index contributed by atoms with van der Waals surface area (Å²) in [6.07, 6.45) is 1.24. The normalized spacial score (nSPS) is 9.20. The van der Waals surface area contributed by atoms with Crippen LogP contribution in [-0.2, 0) is 4.79 Å². The van der Waals surface area contributed by atoms with E-state index in [1.807, 2.05) is 0 Å². The van der Waals surface area contributed by atoms with E-state index in [1.54, 1.807) is 0 Å². The summed E-state index contributed by atoms with van der Waals surface area (Å²) >= 11 is 0. The minimum absolute atomic E-state index is 0.319. The van der Waals surface area contributed by atoms with E-state index >= 15 is 0 Å². The van der Waals surface area contributed by atoms with Crippen LogP contribution in [0.4, 0.5) is 5.82 Å². The van der Waals surface area contributed by atoms with Gasteiger partial charge >= 0.3 is 5.82 Å². The van der Waals surface area contributed by atoms with Crippen LogP contribution in [0.15, 0.2) is 6.20 Å². The third-order valence-corrected chi connectivity index (χ3v) is 0.793. The molecule has 7 nitrogen and oxygen atoms in total. The number of carbonyl (C=O) groups is 1. The lowest BCUT2D eigenvalue weighted by Gasteiger charge is -1.80. The molecule has 0 fully saturated rings. The molecule has 0 amide bonds. The van der Waals surface area contributed by atoms with Crippen molar-refractivity contribution in [1.82, 2.24) is 15.0 Å². The molecular formula is C3H2N4O3. The van der Waals surface area contributed by atoms with E-state index in [9.17, 15) is 14.9 Å². The van der Waals surface area contributed by atoms with Crippen LogP contribution in [0, 0.1) is 10.1 Å². The summed E-state index contributed by atoms with van der Waals surface area (Å²) in [6.45, 7) is 0. The first-order chi connectivity index (χ1) is 4.74. The van der Waals surface area contributed by atoms with Gasteiger partial charge in [0.2, 0.25) is 6.41 Å². The average Bonchev–Trinajstić information content (AvgIpc) is 2.34.